The molecule has 4 aliphatic carbocycles. The number of amides is 1. The summed E-state index contributed by atoms with van der Waals surface area (Å²) in [6.45, 7) is 8.46. The van der Waals surface area contributed by atoms with E-state index in [2.05, 4.69) is 5.32 Å². The van der Waals surface area contributed by atoms with Crippen molar-refractivity contribution in [2.45, 2.75) is 140 Å². The van der Waals surface area contributed by atoms with Crippen molar-refractivity contribution in [1.29, 1.82) is 0 Å². The molecule has 0 radical (unpaired) electrons. The van der Waals surface area contributed by atoms with E-state index in [9.17, 15) is 39.3 Å². The van der Waals surface area contributed by atoms with Crippen LogP contribution in [0.1, 0.15) is 101 Å². The molecule has 4 fully saturated rings. The average Bonchev–Trinajstić information content (AvgIpc) is 3.74. The van der Waals surface area contributed by atoms with Crippen LogP contribution < -0.4 is 5.32 Å². The number of rotatable bonds is 11. The number of carbonyl (C=O) groups is 6. The van der Waals surface area contributed by atoms with Crippen LogP contribution >= 0.6 is 11.3 Å². The highest BCUT2D eigenvalue weighted by Gasteiger charge is 2.78. The van der Waals surface area contributed by atoms with E-state index >= 15 is 4.79 Å². The van der Waals surface area contributed by atoms with Gasteiger partial charge in [-0.1, -0.05) is 45.0 Å². The van der Waals surface area contributed by atoms with E-state index in [-0.39, 0.29) is 42.3 Å². The van der Waals surface area contributed by atoms with Crippen LogP contribution in [0.4, 0.5) is 4.79 Å². The molecule has 61 heavy (non-hydrogen) atoms. The maximum atomic E-state index is 15.5. The minimum absolute atomic E-state index is 0.0125. The minimum atomic E-state index is -2.38. The van der Waals surface area contributed by atoms with E-state index in [4.69, 9.17) is 28.4 Å². The molecule has 1 saturated heterocycles. The second-order valence-electron chi connectivity index (χ2n) is 17.5. The molecule has 2 bridgehead atoms. The molecular weight excluding hydrogens is 815 g/mol. The molecule has 17 heteroatoms. The first-order valence-corrected chi connectivity index (χ1v) is 21.5. The predicted molar refractivity (Wildman–Crippen MR) is 214 cm³/mol. The molecule has 16 nitrogen and oxygen atoms in total. The van der Waals surface area contributed by atoms with Crippen LogP contribution in [0.3, 0.4) is 0 Å². The molecule has 2 aromatic rings. The lowest BCUT2D eigenvalue weighted by molar-refractivity contribution is -0.346. The number of alkyl carbamates (subject to hydrolysis) is 1. The van der Waals surface area contributed by atoms with Crippen molar-refractivity contribution in [2.75, 3.05) is 6.61 Å². The number of aliphatic hydroxyl groups excluding tert-OH is 2. The summed E-state index contributed by atoms with van der Waals surface area (Å²) in [5.74, 6) is -6.12. The summed E-state index contributed by atoms with van der Waals surface area (Å²) < 4.78 is 35.8. The van der Waals surface area contributed by atoms with Crippen LogP contribution in [-0.2, 0) is 47.6 Å². The Hall–Kier alpha value is -4.68. The van der Waals surface area contributed by atoms with E-state index in [0.717, 1.165) is 13.3 Å². The number of thiophene rings is 1. The fourth-order valence-corrected chi connectivity index (χ4v) is 10.8. The van der Waals surface area contributed by atoms with Gasteiger partial charge in [-0.15, -0.1) is 11.3 Å². The van der Waals surface area contributed by atoms with Crippen molar-refractivity contribution in [2.24, 2.45) is 16.7 Å². The van der Waals surface area contributed by atoms with Crippen LogP contribution in [0.15, 0.2) is 59.0 Å². The highest BCUT2D eigenvalue weighted by Crippen LogP contribution is 2.64. The topological polar surface area (TPSA) is 231 Å². The molecule has 2 unspecified atom stereocenters. The summed E-state index contributed by atoms with van der Waals surface area (Å²) in [5.41, 5.74) is -7.58. The minimum Gasteiger partial charge on any atom is -0.456 e. The van der Waals surface area contributed by atoms with Crippen molar-refractivity contribution in [3.8, 4) is 0 Å². The summed E-state index contributed by atoms with van der Waals surface area (Å²) in [4.78, 5) is 83.7. The van der Waals surface area contributed by atoms with Crippen molar-refractivity contribution < 1.29 is 72.5 Å². The first kappa shape index (κ1) is 44.4. The number of fused-ring (bicyclic) bond motifs is 5. The molecule has 11 atom stereocenters. The van der Waals surface area contributed by atoms with Gasteiger partial charge >= 0.3 is 30.0 Å². The lowest BCUT2D eigenvalue weighted by Gasteiger charge is -2.67. The quantitative estimate of drug-likeness (QED) is 0.142. The SMILES string of the molecule is CCC(=O)O[C@H]1C(=O)[C@@]2(C)C(C(OC(=O)c3ccccc3)[C@]3(O)C[C@H](OC(=O)[C@H](O)[C@@H](NC(=O)OC4CCC4)c4cccs4)C(C)=C1C3(C)C)[C@]1(OC(C)=O)CO[C@@H]1C[C@@H]2O. The Morgan fingerprint density at radius 3 is 2.28 bits per heavy atom. The second-order valence-corrected chi connectivity index (χ2v) is 18.4. The van der Waals surface area contributed by atoms with Crippen molar-refractivity contribution >= 4 is 47.1 Å². The molecule has 0 spiro atoms. The number of hydrogen-bond acceptors (Lipinski definition) is 16. The highest BCUT2D eigenvalue weighted by molar-refractivity contribution is 7.10. The zero-order valence-electron chi connectivity index (χ0n) is 34.9. The number of ether oxygens (including phenoxy) is 6. The van der Waals surface area contributed by atoms with Crippen LogP contribution in [-0.4, -0.2) is 112 Å². The Kier molecular flexibility index (Phi) is 12.0. The average molecular weight is 868 g/mol. The van der Waals surface area contributed by atoms with Crippen LogP contribution in [0, 0.1) is 16.7 Å². The van der Waals surface area contributed by atoms with E-state index in [1.54, 1.807) is 49.6 Å². The number of hydrogen-bond donors (Lipinski definition) is 4. The number of esters is 4. The first-order valence-electron chi connectivity index (χ1n) is 20.6. The smallest absolute Gasteiger partial charge is 0.408 e. The Labute approximate surface area is 356 Å². The predicted octanol–water partition coefficient (Wildman–Crippen LogP) is 4.04. The molecule has 1 aromatic heterocycles. The van der Waals surface area contributed by atoms with Gasteiger partial charge in [-0.3, -0.25) is 14.4 Å². The van der Waals surface area contributed by atoms with Gasteiger partial charge in [0.25, 0.3) is 0 Å². The first-order chi connectivity index (χ1) is 28.8. The number of benzene rings is 1. The number of nitrogens with one attached hydrogen (secondary N) is 1. The molecule has 330 valence electrons. The van der Waals surface area contributed by atoms with Gasteiger partial charge in [-0.25, -0.2) is 14.4 Å². The summed E-state index contributed by atoms with van der Waals surface area (Å²) in [7, 11) is 0. The molecule has 4 N–H and O–H groups in total. The van der Waals surface area contributed by atoms with E-state index in [0.29, 0.717) is 17.7 Å². The fraction of sp³-hybridized carbons (Fsp3) is 0.591. The molecule has 1 aliphatic heterocycles. The number of carbonyl (C=O) groups excluding carboxylic acids is 6. The van der Waals surface area contributed by atoms with Gasteiger partial charge in [0.1, 0.15) is 36.1 Å². The second kappa shape index (κ2) is 16.5. The third-order valence-corrected chi connectivity index (χ3v) is 14.7. The zero-order valence-corrected chi connectivity index (χ0v) is 35.7. The number of ketones is 1. The Morgan fingerprint density at radius 1 is 1.00 bits per heavy atom. The molecule has 1 aromatic carbocycles. The lowest BCUT2D eigenvalue weighted by atomic mass is 9.44. The van der Waals surface area contributed by atoms with Gasteiger partial charge in [-0.05, 0) is 67.8 Å². The van der Waals surface area contributed by atoms with Gasteiger partial charge in [-0.2, -0.15) is 0 Å². The molecule has 1 amide bonds. The van der Waals surface area contributed by atoms with Crippen molar-refractivity contribution in [3.05, 3.63) is 69.4 Å². The van der Waals surface area contributed by atoms with Crippen molar-refractivity contribution in [1.82, 2.24) is 5.32 Å². The van der Waals surface area contributed by atoms with E-state index in [1.165, 1.54) is 44.2 Å². The third-order valence-electron chi connectivity index (χ3n) is 13.7. The maximum absolute atomic E-state index is 15.5. The Bertz CT molecular complexity index is 2080. The molecule has 2 heterocycles. The van der Waals surface area contributed by atoms with Crippen LogP contribution in [0.2, 0.25) is 0 Å². The van der Waals surface area contributed by atoms with Crippen LogP contribution in [0.25, 0.3) is 0 Å². The molecular formula is C44H53NO15S. The van der Waals surface area contributed by atoms with Crippen molar-refractivity contribution in [3.63, 3.8) is 0 Å². The summed E-state index contributed by atoms with van der Waals surface area (Å²) in [6, 6.07) is 9.83. The van der Waals surface area contributed by atoms with Gasteiger partial charge < -0.3 is 49.1 Å². The van der Waals surface area contributed by atoms with E-state index in [1.807, 2.05) is 0 Å². The normalized spacial score (nSPS) is 33.7. The Morgan fingerprint density at radius 2 is 1.70 bits per heavy atom. The monoisotopic (exact) mass is 867 g/mol. The largest absolute Gasteiger partial charge is 0.456 e. The van der Waals surface area contributed by atoms with E-state index < -0.39 is 113 Å². The van der Waals surface area contributed by atoms with Gasteiger partial charge in [0.2, 0.25) is 0 Å². The fourth-order valence-electron chi connectivity index (χ4n) is 9.99. The van der Waals surface area contributed by atoms with Crippen LogP contribution in [0.5, 0.6) is 0 Å². The van der Waals surface area contributed by atoms with Gasteiger partial charge in [0.05, 0.1) is 29.6 Å². The maximum Gasteiger partial charge on any atom is 0.408 e. The standard InChI is InChI=1S/C44H53NO15S/c1-7-30(48)58-34-31-22(2)26(57-39(52)33(49)32(27-17-12-18-61-27)45-40(53)56-25-15-11-16-25)20-44(54,41(31,4)5)37(59-38(51)24-13-9-8-10-14-24)35-42(6,36(34)50)28(47)19-29-43(35,21-55-29)60-23(3)46/h8-10,12-14,17-18,25-26,28-29,32-35,37,47,49,54H,7,11,15-16,19-21H2,1-6H3,(H,45,53)/t26-,28-,29+,32-,33+,34+,35?,37?,42+,43-,44+/m0/s1. The van der Waals surface area contributed by atoms with Gasteiger partial charge in [0.15, 0.2) is 23.6 Å². The third kappa shape index (κ3) is 7.45. The molecule has 3 saturated carbocycles. The van der Waals surface area contributed by atoms with Gasteiger partial charge in [0, 0.05) is 36.5 Å². The Balaban J connectivity index is 1.38. The summed E-state index contributed by atoms with van der Waals surface area (Å²) >= 11 is 1.17. The summed E-state index contributed by atoms with van der Waals surface area (Å²) in [5, 5.41) is 41.7. The zero-order chi connectivity index (χ0) is 44.2. The molecule has 7 rings (SSSR count). The lowest BCUT2D eigenvalue weighted by Crippen LogP contribution is -2.82. The molecule has 5 aliphatic rings. The summed E-state index contributed by atoms with van der Waals surface area (Å²) in [6.07, 6.45) is -9.47. The highest BCUT2D eigenvalue weighted by atomic mass is 32.1. The number of aliphatic hydroxyl groups is 3. The number of Topliss-reactive ketones (excluding diaryl/α,β-unsaturated/α-hetero) is 1.